The molecule has 1 N–H and O–H groups in total. The van der Waals surface area contributed by atoms with Crippen LogP contribution in [0.4, 0.5) is 13.2 Å². The molecule has 0 amide bonds. The maximum Gasteiger partial charge on any atom is 0.417 e. The Morgan fingerprint density at radius 3 is 2.50 bits per heavy atom. The van der Waals surface area contributed by atoms with Crippen LogP contribution in [-0.4, -0.2) is 34.9 Å². The zero-order valence-electron chi connectivity index (χ0n) is 7.22. The van der Waals surface area contributed by atoms with Crippen LogP contribution in [0.3, 0.4) is 0 Å². The first kappa shape index (κ1) is 11.5. The van der Waals surface area contributed by atoms with Gasteiger partial charge in [0.15, 0.2) is 5.60 Å². The van der Waals surface area contributed by atoms with Crippen LogP contribution in [-0.2, 0) is 0 Å². The molecule has 0 aliphatic carbocycles. The van der Waals surface area contributed by atoms with E-state index < -0.39 is 17.7 Å². The first-order chi connectivity index (χ1) is 6.25. The van der Waals surface area contributed by atoms with Crippen molar-refractivity contribution in [1.82, 2.24) is 0 Å². The number of rotatable bonds is 1. The van der Waals surface area contributed by atoms with E-state index in [1.807, 2.05) is 0 Å². The van der Waals surface area contributed by atoms with Gasteiger partial charge in [0.25, 0.3) is 0 Å². The van der Waals surface area contributed by atoms with Gasteiger partial charge in [-0.1, -0.05) is 0 Å². The molecule has 0 aromatic rings. The van der Waals surface area contributed by atoms with Gasteiger partial charge < -0.3 is 5.11 Å². The van der Waals surface area contributed by atoms with Gasteiger partial charge in [-0.25, -0.2) is 4.99 Å². The second-order valence-corrected chi connectivity index (χ2v) is 3.48. The fourth-order valence-corrected chi connectivity index (χ4v) is 1.07. The molecule has 7 heteroatoms. The molecule has 2 unspecified atom stereocenters. The average Bonchev–Trinajstić information content (AvgIpc) is 2.03. The van der Waals surface area contributed by atoms with Gasteiger partial charge in [-0.15, -0.1) is 0 Å². The van der Waals surface area contributed by atoms with Crippen LogP contribution >= 0.6 is 11.6 Å². The molecule has 1 heterocycles. The molecular weight excluding hydrogens is 221 g/mol. The molecule has 1 aliphatic heterocycles. The molecule has 0 fully saturated rings. The first-order valence-electron chi connectivity index (χ1n) is 3.78. The Morgan fingerprint density at radius 1 is 1.57 bits per heavy atom. The Morgan fingerprint density at radius 2 is 2.14 bits per heavy atom. The summed E-state index contributed by atoms with van der Waals surface area (Å²) in [5.41, 5.74) is -2.82. The minimum Gasteiger partial charge on any atom is -0.380 e. The smallest absolute Gasteiger partial charge is 0.380 e. The lowest BCUT2D eigenvalue weighted by Crippen LogP contribution is -2.51. The zero-order chi connectivity index (χ0) is 11.0. The molecule has 80 valence electrons. The second-order valence-electron chi connectivity index (χ2n) is 3.14. The molecule has 0 aromatic carbocycles. The van der Waals surface area contributed by atoms with E-state index in [9.17, 15) is 18.3 Å². The Bertz CT molecular complexity index is 285. The second kappa shape index (κ2) is 3.51. The van der Waals surface area contributed by atoms with Crippen molar-refractivity contribution in [3.05, 3.63) is 0 Å². The molecule has 0 radical (unpaired) electrons. The number of halogens is 4. The van der Waals surface area contributed by atoms with Crippen molar-refractivity contribution in [3.63, 3.8) is 0 Å². The Balaban J connectivity index is 2.82. The van der Waals surface area contributed by atoms with Gasteiger partial charge in [-0.05, 0) is 18.5 Å². The highest BCUT2D eigenvalue weighted by Gasteiger charge is 2.54. The Hall–Kier alpha value is -0.620. The molecule has 0 aromatic heterocycles. The van der Waals surface area contributed by atoms with E-state index in [2.05, 4.69) is 9.98 Å². The maximum absolute atomic E-state index is 12.3. The van der Waals surface area contributed by atoms with Crippen LogP contribution < -0.4 is 0 Å². The van der Waals surface area contributed by atoms with Crippen molar-refractivity contribution in [2.24, 2.45) is 15.9 Å². The monoisotopic (exact) mass is 228 g/mol. The number of aliphatic hydroxyl groups is 1. The number of hydrogen-bond donors (Lipinski definition) is 1. The topological polar surface area (TPSA) is 45.0 Å². The molecule has 1 aliphatic rings. The predicted molar refractivity (Wildman–Crippen MR) is 46.8 cm³/mol. The highest BCUT2D eigenvalue weighted by Crippen LogP contribution is 2.36. The molecule has 0 bridgehead atoms. The van der Waals surface area contributed by atoms with E-state index >= 15 is 0 Å². The highest BCUT2D eigenvalue weighted by molar-refractivity contribution is 6.65. The molecule has 3 nitrogen and oxygen atoms in total. The highest BCUT2D eigenvalue weighted by atomic mass is 35.5. The molecule has 0 spiro atoms. The van der Waals surface area contributed by atoms with E-state index in [4.69, 9.17) is 11.6 Å². The third-order valence-electron chi connectivity index (χ3n) is 2.08. The van der Waals surface area contributed by atoms with Crippen molar-refractivity contribution >= 4 is 23.1 Å². The molecule has 2 atom stereocenters. The van der Waals surface area contributed by atoms with Crippen LogP contribution in [0.5, 0.6) is 0 Å². The summed E-state index contributed by atoms with van der Waals surface area (Å²) in [5, 5.41) is 9.14. The minimum absolute atomic E-state index is 0.0979. The Labute approximate surface area is 83.3 Å². The van der Waals surface area contributed by atoms with E-state index in [-0.39, 0.29) is 11.8 Å². The van der Waals surface area contributed by atoms with Gasteiger partial charge in [-0.3, -0.25) is 4.99 Å². The lowest BCUT2D eigenvalue weighted by molar-refractivity contribution is -0.262. The largest absolute Gasteiger partial charge is 0.417 e. The zero-order valence-corrected chi connectivity index (χ0v) is 7.97. The summed E-state index contributed by atoms with van der Waals surface area (Å²) in [4.78, 5) is 6.94. The third-order valence-corrected chi connectivity index (χ3v) is 2.29. The van der Waals surface area contributed by atoms with E-state index in [0.717, 1.165) is 6.21 Å². The van der Waals surface area contributed by atoms with Crippen molar-refractivity contribution in [1.29, 1.82) is 0 Å². The molecule has 14 heavy (non-hydrogen) atoms. The third kappa shape index (κ3) is 2.06. The molecule has 0 saturated carbocycles. The quantitative estimate of drug-likeness (QED) is 0.681. The summed E-state index contributed by atoms with van der Waals surface area (Å²) in [6.45, 7) is 0.479. The standard InChI is InChI=1S/C7H8ClF3N2O/c1-6(14,7(9,10)11)4-2-12-5(8)13-3-4/h2,4,14H,3H2,1H3. The summed E-state index contributed by atoms with van der Waals surface area (Å²) < 4.78 is 37.0. The normalized spacial score (nSPS) is 27.0. The molecule has 1 rings (SSSR count). The lowest BCUT2D eigenvalue weighted by atomic mass is 9.89. The first-order valence-corrected chi connectivity index (χ1v) is 4.16. The van der Waals surface area contributed by atoms with Gasteiger partial charge in [0.1, 0.15) is 0 Å². The van der Waals surface area contributed by atoms with E-state index in [1.54, 1.807) is 0 Å². The van der Waals surface area contributed by atoms with Crippen LogP contribution in [0.1, 0.15) is 6.92 Å². The average molecular weight is 229 g/mol. The predicted octanol–water partition coefficient (Wildman–Crippen LogP) is 1.60. The Kier molecular flexibility index (Phi) is 2.87. The summed E-state index contributed by atoms with van der Waals surface area (Å²) in [6, 6.07) is 0. The number of amidine groups is 1. The van der Waals surface area contributed by atoms with Gasteiger partial charge in [-0.2, -0.15) is 13.2 Å². The van der Waals surface area contributed by atoms with E-state index in [1.165, 1.54) is 0 Å². The lowest BCUT2D eigenvalue weighted by Gasteiger charge is -2.32. The van der Waals surface area contributed by atoms with Gasteiger partial charge in [0.05, 0.1) is 12.5 Å². The van der Waals surface area contributed by atoms with Crippen LogP contribution in [0, 0.1) is 5.92 Å². The van der Waals surface area contributed by atoms with Gasteiger partial charge in [0.2, 0.25) is 5.29 Å². The fraction of sp³-hybridized carbons (Fsp3) is 0.714. The molecule has 0 saturated heterocycles. The summed E-state index contributed by atoms with van der Waals surface area (Å²) >= 11 is 5.34. The van der Waals surface area contributed by atoms with Crippen LogP contribution in [0.25, 0.3) is 0 Å². The van der Waals surface area contributed by atoms with Crippen molar-refractivity contribution in [2.75, 3.05) is 6.54 Å². The summed E-state index contributed by atoms with van der Waals surface area (Å²) in [6.07, 6.45) is -3.73. The van der Waals surface area contributed by atoms with Gasteiger partial charge in [0, 0.05) is 6.21 Å². The summed E-state index contributed by atoms with van der Waals surface area (Å²) in [5.74, 6) is -1.19. The van der Waals surface area contributed by atoms with E-state index in [0.29, 0.717) is 6.92 Å². The van der Waals surface area contributed by atoms with Crippen LogP contribution in [0.15, 0.2) is 9.98 Å². The maximum atomic E-state index is 12.3. The van der Waals surface area contributed by atoms with Gasteiger partial charge >= 0.3 is 6.18 Å². The van der Waals surface area contributed by atoms with Crippen LogP contribution in [0.2, 0.25) is 0 Å². The number of hydrogen-bond acceptors (Lipinski definition) is 3. The number of aliphatic imine (C=N–C) groups is 2. The number of nitrogens with zero attached hydrogens (tertiary/aromatic N) is 2. The number of alkyl halides is 3. The van der Waals surface area contributed by atoms with Crippen molar-refractivity contribution in [3.8, 4) is 0 Å². The van der Waals surface area contributed by atoms with Crippen molar-refractivity contribution < 1.29 is 18.3 Å². The summed E-state index contributed by atoms with van der Waals surface area (Å²) in [7, 11) is 0. The fourth-order valence-electron chi connectivity index (χ4n) is 0.946. The minimum atomic E-state index is -4.71. The SMILES string of the molecule is CC(O)(C1C=NC(Cl)=NC1)C(F)(F)F. The molecular formula is C7H8ClF3N2O. The van der Waals surface area contributed by atoms with Crippen molar-refractivity contribution in [2.45, 2.75) is 18.7 Å².